The summed E-state index contributed by atoms with van der Waals surface area (Å²) < 4.78 is 4.78. The summed E-state index contributed by atoms with van der Waals surface area (Å²) >= 11 is 0. The van der Waals surface area contributed by atoms with Gasteiger partial charge in [-0.1, -0.05) is 12.1 Å². The molecule has 0 amide bonds. The van der Waals surface area contributed by atoms with E-state index in [1.165, 1.54) is 7.11 Å². The molecule has 0 atom stereocenters. The van der Waals surface area contributed by atoms with Crippen molar-refractivity contribution in [3.05, 3.63) is 29.8 Å². The Balaban J connectivity index is 2.12. The molecule has 2 rings (SSSR count). The Labute approximate surface area is 88.7 Å². The van der Waals surface area contributed by atoms with Crippen molar-refractivity contribution in [3.8, 4) is 5.75 Å². The minimum atomic E-state index is -0.317. The fourth-order valence-electron chi connectivity index (χ4n) is 1.88. The molecule has 0 aliphatic heterocycles. The van der Waals surface area contributed by atoms with E-state index < -0.39 is 0 Å². The molecule has 0 aromatic heterocycles. The maximum atomic E-state index is 11.5. The van der Waals surface area contributed by atoms with Crippen molar-refractivity contribution < 1.29 is 14.6 Å². The molecule has 0 bridgehead atoms. The highest BCUT2D eigenvalue weighted by Crippen LogP contribution is 2.49. The van der Waals surface area contributed by atoms with Crippen molar-refractivity contribution in [3.63, 3.8) is 0 Å². The number of carbonyl (C=O) groups excluding carboxylic acids is 1. The number of esters is 1. The van der Waals surface area contributed by atoms with E-state index in [-0.39, 0.29) is 17.1 Å². The minimum Gasteiger partial charge on any atom is -0.508 e. The fraction of sp³-hybridized carbons (Fsp3) is 0.417. The molecule has 3 heteroatoms. The molecule has 0 heterocycles. The van der Waals surface area contributed by atoms with Gasteiger partial charge in [0.05, 0.1) is 12.5 Å². The monoisotopic (exact) mass is 206 g/mol. The highest BCUT2D eigenvalue weighted by molar-refractivity contribution is 5.80. The smallest absolute Gasteiger partial charge is 0.312 e. The van der Waals surface area contributed by atoms with Crippen molar-refractivity contribution in [2.75, 3.05) is 7.11 Å². The standard InChI is InChI=1S/C12H14O3/c1-15-11(14)12(5-6-12)8-9-3-2-4-10(13)7-9/h2-4,7,13H,5-6,8H2,1H3. The lowest BCUT2D eigenvalue weighted by Crippen LogP contribution is -2.19. The van der Waals surface area contributed by atoms with Crippen LogP contribution in [0.15, 0.2) is 24.3 Å². The summed E-state index contributed by atoms with van der Waals surface area (Å²) in [4.78, 5) is 11.5. The van der Waals surface area contributed by atoms with Gasteiger partial charge < -0.3 is 9.84 Å². The quantitative estimate of drug-likeness (QED) is 0.768. The predicted molar refractivity (Wildman–Crippen MR) is 55.5 cm³/mol. The molecular weight excluding hydrogens is 192 g/mol. The summed E-state index contributed by atoms with van der Waals surface area (Å²) in [5.74, 6) is 0.110. The SMILES string of the molecule is COC(=O)C1(Cc2cccc(O)c2)CC1. The molecule has 3 nitrogen and oxygen atoms in total. The number of hydrogen-bond donors (Lipinski definition) is 1. The van der Waals surface area contributed by atoms with Crippen molar-refractivity contribution in [2.24, 2.45) is 5.41 Å². The first kappa shape index (κ1) is 10.0. The summed E-state index contributed by atoms with van der Waals surface area (Å²) in [6.45, 7) is 0. The molecule has 1 aromatic rings. The molecule has 0 unspecified atom stereocenters. The molecule has 0 radical (unpaired) electrons. The van der Waals surface area contributed by atoms with Gasteiger partial charge in [0.25, 0.3) is 0 Å². The number of benzene rings is 1. The number of phenolic OH excluding ortho intramolecular Hbond substituents is 1. The first-order chi connectivity index (χ1) is 7.16. The highest BCUT2D eigenvalue weighted by Gasteiger charge is 2.50. The van der Waals surface area contributed by atoms with E-state index >= 15 is 0 Å². The summed E-state index contributed by atoms with van der Waals surface area (Å²) in [5, 5.41) is 9.31. The molecule has 0 saturated heterocycles. The number of hydrogen-bond acceptors (Lipinski definition) is 3. The molecular formula is C12H14O3. The number of aromatic hydroxyl groups is 1. The molecule has 1 aliphatic carbocycles. The van der Waals surface area contributed by atoms with Crippen LogP contribution in [0.4, 0.5) is 0 Å². The lowest BCUT2D eigenvalue weighted by molar-refractivity contribution is -0.147. The van der Waals surface area contributed by atoms with Crippen LogP contribution in [0.1, 0.15) is 18.4 Å². The molecule has 80 valence electrons. The van der Waals surface area contributed by atoms with Crippen LogP contribution in [0.3, 0.4) is 0 Å². The van der Waals surface area contributed by atoms with E-state index in [2.05, 4.69) is 0 Å². The average Bonchev–Trinajstić information content (AvgIpc) is 2.98. The number of methoxy groups -OCH3 is 1. The molecule has 1 saturated carbocycles. The van der Waals surface area contributed by atoms with Gasteiger partial charge in [0.1, 0.15) is 5.75 Å². The largest absolute Gasteiger partial charge is 0.508 e. The third-order valence-electron chi connectivity index (χ3n) is 2.93. The molecule has 15 heavy (non-hydrogen) atoms. The van der Waals surface area contributed by atoms with Crippen LogP contribution in [0.5, 0.6) is 5.75 Å². The summed E-state index contributed by atoms with van der Waals surface area (Å²) in [7, 11) is 1.42. The highest BCUT2D eigenvalue weighted by atomic mass is 16.5. The molecule has 1 N–H and O–H groups in total. The van der Waals surface area contributed by atoms with E-state index in [0.29, 0.717) is 6.42 Å². The zero-order chi connectivity index (χ0) is 10.9. The molecule has 1 fully saturated rings. The molecule has 0 spiro atoms. The number of rotatable bonds is 3. The van der Waals surface area contributed by atoms with E-state index in [9.17, 15) is 9.90 Å². The van der Waals surface area contributed by atoms with E-state index in [4.69, 9.17) is 4.74 Å². The summed E-state index contributed by atoms with van der Waals surface area (Å²) in [6, 6.07) is 7.03. The van der Waals surface area contributed by atoms with Gasteiger partial charge in [0, 0.05) is 0 Å². The Hall–Kier alpha value is -1.51. The third-order valence-corrected chi connectivity index (χ3v) is 2.93. The fourth-order valence-corrected chi connectivity index (χ4v) is 1.88. The Kier molecular flexibility index (Phi) is 2.39. The van der Waals surface area contributed by atoms with E-state index in [0.717, 1.165) is 18.4 Å². The van der Waals surface area contributed by atoms with Gasteiger partial charge in [-0.25, -0.2) is 0 Å². The van der Waals surface area contributed by atoms with Crippen LogP contribution >= 0.6 is 0 Å². The van der Waals surface area contributed by atoms with Crippen LogP contribution in [0, 0.1) is 5.41 Å². The van der Waals surface area contributed by atoms with Gasteiger partial charge in [0.15, 0.2) is 0 Å². The van der Waals surface area contributed by atoms with Crippen LogP contribution in [0.2, 0.25) is 0 Å². The normalized spacial score (nSPS) is 17.1. The van der Waals surface area contributed by atoms with Gasteiger partial charge >= 0.3 is 5.97 Å². The Bertz CT molecular complexity index is 380. The first-order valence-corrected chi connectivity index (χ1v) is 5.03. The molecule has 1 aromatic carbocycles. The second-order valence-corrected chi connectivity index (χ2v) is 4.12. The van der Waals surface area contributed by atoms with Gasteiger partial charge in [0.2, 0.25) is 0 Å². The van der Waals surface area contributed by atoms with E-state index in [1.807, 2.05) is 6.07 Å². The van der Waals surface area contributed by atoms with Crippen molar-refractivity contribution in [1.29, 1.82) is 0 Å². The van der Waals surface area contributed by atoms with Gasteiger partial charge in [-0.15, -0.1) is 0 Å². The zero-order valence-corrected chi connectivity index (χ0v) is 8.69. The number of ether oxygens (including phenoxy) is 1. The van der Waals surface area contributed by atoms with Crippen LogP contribution in [0.25, 0.3) is 0 Å². The van der Waals surface area contributed by atoms with Crippen LogP contribution in [-0.2, 0) is 16.0 Å². The molecule has 1 aliphatic rings. The first-order valence-electron chi connectivity index (χ1n) is 5.03. The summed E-state index contributed by atoms with van der Waals surface area (Å²) in [6.07, 6.45) is 2.43. The lowest BCUT2D eigenvalue weighted by atomic mass is 9.96. The number of carbonyl (C=O) groups is 1. The lowest BCUT2D eigenvalue weighted by Gasteiger charge is -2.12. The average molecular weight is 206 g/mol. The predicted octanol–water partition coefficient (Wildman–Crippen LogP) is 1.89. The van der Waals surface area contributed by atoms with Crippen molar-refractivity contribution >= 4 is 5.97 Å². The maximum absolute atomic E-state index is 11.5. The Morgan fingerprint density at radius 2 is 2.27 bits per heavy atom. The minimum absolute atomic E-state index is 0.133. The zero-order valence-electron chi connectivity index (χ0n) is 8.69. The van der Waals surface area contributed by atoms with Crippen molar-refractivity contribution in [1.82, 2.24) is 0 Å². The van der Waals surface area contributed by atoms with Crippen LogP contribution in [-0.4, -0.2) is 18.2 Å². The second-order valence-electron chi connectivity index (χ2n) is 4.12. The van der Waals surface area contributed by atoms with Crippen molar-refractivity contribution in [2.45, 2.75) is 19.3 Å². The third kappa shape index (κ3) is 1.96. The van der Waals surface area contributed by atoms with E-state index in [1.54, 1.807) is 18.2 Å². The van der Waals surface area contributed by atoms with Gasteiger partial charge in [-0.2, -0.15) is 0 Å². The van der Waals surface area contributed by atoms with Gasteiger partial charge in [-0.3, -0.25) is 4.79 Å². The topological polar surface area (TPSA) is 46.5 Å². The number of phenols is 1. The maximum Gasteiger partial charge on any atom is 0.312 e. The Morgan fingerprint density at radius 1 is 1.53 bits per heavy atom. The van der Waals surface area contributed by atoms with Gasteiger partial charge in [-0.05, 0) is 37.0 Å². The Morgan fingerprint density at radius 3 is 2.80 bits per heavy atom. The van der Waals surface area contributed by atoms with Crippen LogP contribution < -0.4 is 0 Å². The summed E-state index contributed by atoms with van der Waals surface area (Å²) in [5.41, 5.74) is 0.667. The second kappa shape index (κ2) is 3.57.